The third kappa shape index (κ3) is 5.63. The van der Waals surface area contributed by atoms with Crippen molar-refractivity contribution in [3.05, 3.63) is 34.3 Å². The van der Waals surface area contributed by atoms with E-state index in [4.69, 9.17) is 0 Å². The van der Waals surface area contributed by atoms with Crippen LogP contribution in [0.4, 0.5) is 0 Å². The lowest BCUT2D eigenvalue weighted by Gasteiger charge is -2.13. The molecule has 20 heavy (non-hydrogen) atoms. The largest absolute Gasteiger partial charge is 0.481 e. The Balaban J connectivity index is 2.63. The highest BCUT2D eigenvalue weighted by molar-refractivity contribution is 9.10. The van der Waals surface area contributed by atoms with Gasteiger partial charge in [0.2, 0.25) is 0 Å². The smallest absolute Gasteiger partial charge is 0.306 e. The molecule has 1 rings (SSSR count). The molecule has 0 spiro atoms. The lowest BCUT2D eigenvalue weighted by Crippen LogP contribution is -2.18. The second kappa shape index (κ2) is 7.78. The van der Waals surface area contributed by atoms with Crippen LogP contribution in [0.3, 0.4) is 0 Å². The van der Waals surface area contributed by atoms with Crippen LogP contribution in [-0.2, 0) is 21.1 Å². The Labute approximate surface area is 128 Å². The maximum Gasteiger partial charge on any atom is 0.306 e. The number of carbonyl (C=O) groups is 1. The first-order valence-corrected chi connectivity index (χ1v) is 9.13. The van der Waals surface area contributed by atoms with E-state index in [1.807, 2.05) is 24.3 Å². The molecule has 0 aliphatic heterocycles. The second-order valence-electron chi connectivity index (χ2n) is 4.71. The molecule has 0 radical (unpaired) electrons. The second-order valence-corrected chi connectivity index (χ2v) is 8.04. The van der Waals surface area contributed by atoms with Gasteiger partial charge in [-0.05, 0) is 30.9 Å². The standard InChI is InChI=1S/C14H19BrO4S/c1-2-20(18,19)9-5-7-12(14(16)17)10-11-6-3-4-8-13(11)15/h3-4,6,8,12H,2,5,7,9-10H2,1H3,(H,16,17). The molecule has 0 saturated heterocycles. The lowest BCUT2D eigenvalue weighted by molar-refractivity contribution is -0.141. The van der Waals surface area contributed by atoms with Crippen molar-refractivity contribution in [1.82, 2.24) is 0 Å². The van der Waals surface area contributed by atoms with Crippen molar-refractivity contribution < 1.29 is 18.3 Å². The minimum absolute atomic E-state index is 0.0588. The van der Waals surface area contributed by atoms with Crippen LogP contribution in [0.5, 0.6) is 0 Å². The van der Waals surface area contributed by atoms with Crippen LogP contribution in [-0.4, -0.2) is 31.0 Å². The molecule has 1 N–H and O–H groups in total. The van der Waals surface area contributed by atoms with Crippen LogP contribution in [0.25, 0.3) is 0 Å². The van der Waals surface area contributed by atoms with Crippen LogP contribution in [0, 0.1) is 5.92 Å². The summed E-state index contributed by atoms with van der Waals surface area (Å²) in [7, 11) is -3.02. The predicted molar refractivity (Wildman–Crippen MR) is 82.5 cm³/mol. The van der Waals surface area contributed by atoms with Crippen molar-refractivity contribution in [1.29, 1.82) is 0 Å². The number of benzene rings is 1. The van der Waals surface area contributed by atoms with Crippen molar-refractivity contribution >= 4 is 31.7 Å². The van der Waals surface area contributed by atoms with Gasteiger partial charge in [-0.1, -0.05) is 41.1 Å². The van der Waals surface area contributed by atoms with Crippen LogP contribution in [0.15, 0.2) is 28.7 Å². The molecule has 0 aliphatic rings. The van der Waals surface area contributed by atoms with Gasteiger partial charge in [0.15, 0.2) is 0 Å². The van der Waals surface area contributed by atoms with E-state index in [0.29, 0.717) is 19.3 Å². The van der Waals surface area contributed by atoms with E-state index in [1.165, 1.54) is 0 Å². The number of carboxylic acid groups (broad SMARTS) is 1. The molecule has 0 bridgehead atoms. The molecule has 4 nitrogen and oxygen atoms in total. The fourth-order valence-electron chi connectivity index (χ4n) is 1.94. The van der Waals surface area contributed by atoms with Crippen molar-refractivity contribution in [3.63, 3.8) is 0 Å². The Kier molecular flexibility index (Phi) is 6.68. The van der Waals surface area contributed by atoms with Crippen molar-refractivity contribution in [2.24, 2.45) is 5.92 Å². The van der Waals surface area contributed by atoms with Crippen LogP contribution < -0.4 is 0 Å². The van der Waals surface area contributed by atoms with Gasteiger partial charge in [-0.3, -0.25) is 4.79 Å². The molecule has 0 fully saturated rings. The van der Waals surface area contributed by atoms with E-state index in [1.54, 1.807) is 6.92 Å². The van der Waals surface area contributed by atoms with Gasteiger partial charge < -0.3 is 5.11 Å². The highest BCUT2D eigenvalue weighted by Gasteiger charge is 2.20. The first-order valence-electron chi connectivity index (χ1n) is 6.52. The number of hydrogen-bond acceptors (Lipinski definition) is 3. The highest BCUT2D eigenvalue weighted by atomic mass is 79.9. The van der Waals surface area contributed by atoms with Gasteiger partial charge in [0.25, 0.3) is 0 Å². The van der Waals surface area contributed by atoms with Crippen molar-refractivity contribution in [2.45, 2.75) is 26.2 Å². The van der Waals surface area contributed by atoms with Gasteiger partial charge in [0.05, 0.1) is 11.7 Å². The summed E-state index contributed by atoms with van der Waals surface area (Å²) in [6, 6.07) is 7.48. The lowest BCUT2D eigenvalue weighted by atomic mass is 9.95. The summed E-state index contributed by atoms with van der Waals surface area (Å²) in [5, 5.41) is 9.25. The van der Waals surface area contributed by atoms with E-state index in [-0.39, 0.29) is 11.5 Å². The number of hydrogen-bond donors (Lipinski definition) is 1. The highest BCUT2D eigenvalue weighted by Crippen LogP contribution is 2.22. The number of sulfone groups is 1. The average molecular weight is 363 g/mol. The van der Waals surface area contributed by atoms with Gasteiger partial charge in [-0.2, -0.15) is 0 Å². The molecule has 0 saturated carbocycles. The average Bonchev–Trinajstić information content (AvgIpc) is 2.39. The first-order chi connectivity index (χ1) is 9.35. The Morgan fingerprint density at radius 3 is 2.55 bits per heavy atom. The molecule has 6 heteroatoms. The van der Waals surface area contributed by atoms with Gasteiger partial charge in [-0.25, -0.2) is 8.42 Å². The number of rotatable bonds is 8. The van der Waals surface area contributed by atoms with E-state index < -0.39 is 21.7 Å². The minimum Gasteiger partial charge on any atom is -0.481 e. The fraction of sp³-hybridized carbons (Fsp3) is 0.500. The van der Waals surface area contributed by atoms with E-state index >= 15 is 0 Å². The van der Waals surface area contributed by atoms with Crippen LogP contribution in [0.2, 0.25) is 0 Å². The van der Waals surface area contributed by atoms with Crippen molar-refractivity contribution in [2.75, 3.05) is 11.5 Å². The SMILES string of the molecule is CCS(=O)(=O)CCCC(Cc1ccccc1Br)C(=O)O. The summed E-state index contributed by atoms with van der Waals surface area (Å²) >= 11 is 3.40. The first kappa shape index (κ1) is 17.2. The molecule has 1 unspecified atom stereocenters. The molecule has 1 aromatic rings. The zero-order valence-corrected chi connectivity index (χ0v) is 13.8. The molecule has 0 heterocycles. The maximum atomic E-state index is 11.4. The third-order valence-electron chi connectivity index (χ3n) is 3.22. The number of aliphatic carboxylic acids is 1. The number of halogens is 1. The summed E-state index contributed by atoms with van der Waals surface area (Å²) in [6.45, 7) is 1.60. The third-order valence-corrected chi connectivity index (χ3v) is 5.79. The van der Waals surface area contributed by atoms with Gasteiger partial charge in [0, 0.05) is 10.2 Å². The molecule has 1 aromatic carbocycles. The quantitative estimate of drug-likeness (QED) is 0.771. The summed E-state index contributed by atoms with van der Waals surface area (Å²) in [5.74, 6) is -1.27. The fourth-order valence-corrected chi connectivity index (χ4v) is 3.28. The molecule has 0 aliphatic carbocycles. The molecular weight excluding hydrogens is 344 g/mol. The van der Waals surface area contributed by atoms with E-state index in [9.17, 15) is 18.3 Å². The molecule has 112 valence electrons. The number of carboxylic acids is 1. The Morgan fingerprint density at radius 2 is 2.00 bits per heavy atom. The minimum atomic E-state index is -3.02. The van der Waals surface area contributed by atoms with Gasteiger partial charge in [-0.15, -0.1) is 0 Å². The van der Waals surface area contributed by atoms with Crippen LogP contribution >= 0.6 is 15.9 Å². The summed E-state index contributed by atoms with van der Waals surface area (Å²) in [6.07, 6.45) is 1.16. The van der Waals surface area contributed by atoms with E-state index in [0.717, 1.165) is 10.0 Å². The zero-order chi connectivity index (χ0) is 15.2. The normalized spacial score (nSPS) is 13.1. The summed E-state index contributed by atoms with van der Waals surface area (Å²) < 4.78 is 23.7. The Morgan fingerprint density at radius 1 is 1.35 bits per heavy atom. The maximum absolute atomic E-state index is 11.4. The summed E-state index contributed by atoms with van der Waals surface area (Å²) in [5.41, 5.74) is 0.929. The monoisotopic (exact) mass is 362 g/mol. The van der Waals surface area contributed by atoms with Gasteiger partial charge in [0.1, 0.15) is 9.84 Å². The Hall–Kier alpha value is -0.880. The molecule has 0 amide bonds. The predicted octanol–water partition coefficient (Wildman–Crippen LogP) is 2.91. The Bertz CT molecular complexity index is 554. The summed E-state index contributed by atoms with van der Waals surface area (Å²) in [4.78, 5) is 11.3. The topological polar surface area (TPSA) is 71.4 Å². The zero-order valence-electron chi connectivity index (χ0n) is 11.4. The van der Waals surface area contributed by atoms with E-state index in [2.05, 4.69) is 15.9 Å². The molecule has 0 aromatic heterocycles. The molecule has 1 atom stereocenters. The van der Waals surface area contributed by atoms with Crippen LogP contribution in [0.1, 0.15) is 25.3 Å². The van der Waals surface area contributed by atoms with Gasteiger partial charge >= 0.3 is 5.97 Å². The van der Waals surface area contributed by atoms with Crippen molar-refractivity contribution in [3.8, 4) is 0 Å². The molecular formula is C14H19BrO4S.